The minimum Gasteiger partial charge on any atom is -0.484 e. The minimum atomic E-state index is -0.409. The maximum atomic E-state index is 12.8. The largest absolute Gasteiger partial charge is 0.484 e. The number of nitrogens with zero attached hydrogens (tertiary/aromatic N) is 2. The van der Waals surface area contributed by atoms with Crippen molar-refractivity contribution >= 4 is 38.8 Å². The molecule has 1 saturated heterocycles. The Morgan fingerprint density at radius 2 is 2.09 bits per heavy atom. The summed E-state index contributed by atoms with van der Waals surface area (Å²) in [5, 5.41) is 0.706. The molecule has 0 saturated carbocycles. The highest BCUT2D eigenvalue weighted by Crippen LogP contribution is 2.34. The number of benzene rings is 1. The normalized spacial score (nSPS) is 20.9. The van der Waals surface area contributed by atoms with Crippen molar-refractivity contribution in [1.29, 1.82) is 0 Å². The van der Waals surface area contributed by atoms with Crippen molar-refractivity contribution in [3.8, 4) is 5.75 Å². The van der Waals surface area contributed by atoms with Crippen molar-refractivity contribution in [2.75, 3.05) is 33.1 Å². The van der Waals surface area contributed by atoms with E-state index in [4.69, 9.17) is 9.47 Å². The highest BCUT2D eigenvalue weighted by atomic mass is 79.9. The molecule has 2 heterocycles. The lowest BCUT2D eigenvalue weighted by Crippen LogP contribution is -2.45. The predicted molar refractivity (Wildman–Crippen MR) is 95.5 cm³/mol. The van der Waals surface area contributed by atoms with Gasteiger partial charge in [0.05, 0.1) is 25.3 Å². The van der Waals surface area contributed by atoms with E-state index in [1.807, 2.05) is 24.5 Å². The first kappa shape index (κ1) is 16.8. The van der Waals surface area contributed by atoms with Crippen LogP contribution in [0.15, 0.2) is 27.7 Å². The zero-order valence-electron chi connectivity index (χ0n) is 13.2. The first-order chi connectivity index (χ1) is 11.0. The summed E-state index contributed by atoms with van der Waals surface area (Å²) in [7, 11) is 1.75. The zero-order chi connectivity index (χ0) is 16.4. The van der Waals surface area contributed by atoms with Gasteiger partial charge in [-0.3, -0.25) is 14.7 Å². The first-order valence-corrected chi connectivity index (χ1v) is 9.49. The van der Waals surface area contributed by atoms with Crippen molar-refractivity contribution in [3.63, 3.8) is 0 Å². The number of fused-ring (bicyclic) bond motifs is 1. The van der Waals surface area contributed by atoms with E-state index in [9.17, 15) is 4.79 Å². The molecule has 0 atom stereocenters. The topological polar surface area (TPSA) is 51.1 Å². The fourth-order valence-electron chi connectivity index (χ4n) is 2.81. The molecule has 1 aromatic carbocycles. The van der Waals surface area contributed by atoms with Crippen LogP contribution < -0.4 is 4.74 Å². The molecular weight excluding hydrogens is 380 g/mol. The summed E-state index contributed by atoms with van der Waals surface area (Å²) < 4.78 is 12.7. The van der Waals surface area contributed by atoms with Crippen molar-refractivity contribution in [1.82, 2.24) is 4.90 Å². The smallest absolute Gasteiger partial charge is 0.263 e. The molecule has 1 spiro atoms. The Kier molecular flexibility index (Phi) is 4.98. The quantitative estimate of drug-likeness (QED) is 0.673. The highest BCUT2D eigenvalue weighted by molar-refractivity contribution is 9.10. The Balaban J connectivity index is 2.09. The zero-order valence-corrected chi connectivity index (χ0v) is 15.6. The lowest BCUT2D eigenvalue weighted by molar-refractivity contribution is -0.0398. The third kappa shape index (κ3) is 3.41. The van der Waals surface area contributed by atoms with E-state index in [1.54, 1.807) is 11.9 Å². The van der Waals surface area contributed by atoms with Crippen LogP contribution in [0.2, 0.25) is 0 Å². The molecule has 2 aliphatic rings. The number of thioether (sulfide) groups is 1. The summed E-state index contributed by atoms with van der Waals surface area (Å²) >= 11 is 4.91. The van der Waals surface area contributed by atoms with Gasteiger partial charge in [-0.15, -0.1) is 0 Å². The minimum absolute atomic E-state index is 0.112. The van der Waals surface area contributed by atoms with E-state index in [1.165, 1.54) is 11.8 Å². The van der Waals surface area contributed by atoms with Gasteiger partial charge in [-0.2, -0.15) is 0 Å². The SMILES string of the molecule is CSC1=NCC2(CCOCC2)Oc2ccc(Br)cc2C(=O)N1C. The summed E-state index contributed by atoms with van der Waals surface area (Å²) in [4.78, 5) is 19.1. The number of amides is 1. The van der Waals surface area contributed by atoms with E-state index >= 15 is 0 Å². The molecule has 0 aliphatic carbocycles. The summed E-state index contributed by atoms with van der Waals surface area (Å²) in [5.41, 5.74) is 0.143. The molecule has 5 nitrogen and oxygen atoms in total. The molecular formula is C16H19BrN2O3S. The summed E-state index contributed by atoms with van der Waals surface area (Å²) in [6.45, 7) is 1.83. The molecule has 0 bridgehead atoms. The monoisotopic (exact) mass is 398 g/mol. The Bertz CT molecular complexity index is 644. The molecule has 23 heavy (non-hydrogen) atoms. The highest BCUT2D eigenvalue weighted by Gasteiger charge is 2.37. The number of hydrogen-bond acceptors (Lipinski definition) is 5. The third-order valence-corrected chi connectivity index (χ3v) is 5.44. The molecule has 7 heteroatoms. The van der Waals surface area contributed by atoms with Gasteiger partial charge >= 0.3 is 0 Å². The second-order valence-corrected chi connectivity index (χ2v) is 7.39. The van der Waals surface area contributed by atoms with Gasteiger partial charge in [0.1, 0.15) is 11.4 Å². The second kappa shape index (κ2) is 6.83. The number of halogens is 1. The lowest BCUT2D eigenvalue weighted by atomic mass is 9.94. The third-order valence-electron chi connectivity index (χ3n) is 4.18. The van der Waals surface area contributed by atoms with Crippen molar-refractivity contribution in [2.45, 2.75) is 18.4 Å². The number of carbonyl (C=O) groups excluding carboxylic acids is 1. The van der Waals surface area contributed by atoms with Gasteiger partial charge in [0.15, 0.2) is 5.17 Å². The van der Waals surface area contributed by atoms with Crippen LogP contribution in [0, 0.1) is 0 Å². The number of aliphatic imine (C=N–C) groups is 1. The van der Waals surface area contributed by atoms with Crippen LogP contribution in [0.25, 0.3) is 0 Å². The molecule has 124 valence electrons. The fraction of sp³-hybridized carbons (Fsp3) is 0.500. The van der Waals surface area contributed by atoms with Gasteiger partial charge in [0.25, 0.3) is 5.91 Å². The Hall–Kier alpha value is -1.05. The summed E-state index contributed by atoms with van der Waals surface area (Å²) in [6, 6.07) is 5.56. The predicted octanol–water partition coefficient (Wildman–Crippen LogP) is 3.18. The van der Waals surface area contributed by atoms with Crippen LogP contribution in [0.3, 0.4) is 0 Å². The van der Waals surface area contributed by atoms with Gasteiger partial charge in [0, 0.05) is 24.4 Å². The average molecular weight is 399 g/mol. The molecule has 0 N–H and O–H groups in total. The second-order valence-electron chi connectivity index (χ2n) is 5.71. The van der Waals surface area contributed by atoms with Crippen LogP contribution in [-0.4, -0.2) is 54.6 Å². The van der Waals surface area contributed by atoms with Crippen LogP contribution in [-0.2, 0) is 4.74 Å². The van der Waals surface area contributed by atoms with Crippen LogP contribution >= 0.6 is 27.7 Å². The molecule has 1 fully saturated rings. The molecule has 2 aliphatic heterocycles. The Morgan fingerprint density at radius 1 is 1.35 bits per heavy atom. The first-order valence-electron chi connectivity index (χ1n) is 7.47. The Morgan fingerprint density at radius 3 is 2.78 bits per heavy atom. The van der Waals surface area contributed by atoms with Gasteiger partial charge in [-0.05, 0) is 24.5 Å². The van der Waals surface area contributed by atoms with Crippen molar-refractivity contribution in [3.05, 3.63) is 28.2 Å². The fourth-order valence-corrected chi connectivity index (χ4v) is 3.73. The lowest BCUT2D eigenvalue weighted by Gasteiger charge is -2.36. The summed E-state index contributed by atoms with van der Waals surface area (Å²) in [5.74, 6) is 0.503. The van der Waals surface area contributed by atoms with Crippen LogP contribution in [0.4, 0.5) is 0 Å². The van der Waals surface area contributed by atoms with Gasteiger partial charge < -0.3 is 9.47 Å². The van der Waals surface area contributed by atoms with Crippen molar-refractivity contribution < 1.29 is 14.3 Å². The number of carbonyl (C=O) groups is 1. The number of rotatable bonds is 0. The van der Waals surface area contributed by atoms with Gasteiger partial charge in [-0.25, -0.2) is 0 Å². The molecule has 0 unspecified atom stereocenters. The van der Waals surface area contributed by atoms with Crippen LogP contribution in [0.5, 0.6) is 5.75 Å². The van der Waals surface area contributed by atoms with Gasteiger partial charge in [-0.1, -0.05) is 27.7 Å². The van der Waals surface area contributed by atoms with E-state index in [0.717, 1.165) is 17.3 Å². The number of amidine groups is 1. The van der Waals surface area contributed by atoms with E-state index in [-0.39, 0.29) is 5.91 Å². The molecule has 1 aromatic rings. The van der Waals surface area contributed by atoms with Crippen molar-refractivity contribution in [2.24, 2.45) is 4.99 Å². The van der Waals surface area contributed by atoms with E-state index < -0.39 is 5.60 Å². The number of ether oxygens (including phenoxy) is 2. The maximum absolute atomic E-state index is 12.8. The van der Waals surface area contributed by atoms with Crippen LogP contribution in [0.1, 0.15) is 23.2 Å². The molecule has 1 amide bonds. The van der Waals surface area contributed by atoms with Gasteiger partial charge in [0.2, 0.25) is 0 Å². The molecule has 3 rings (SSSR count). The molecule has 0 aromatic heterocycles. The number of hydrogen-bond donors (Lipinski definition) is 0. The average Bonchev–Trinajstić information content (AvgIpc) is 2.59. The summed E-state index contributed by atoms with van der Waals surface area (Å²) in [6.07, 6.45) is 3.47. The van der Waals surface area contributed by atoms with E-state index in [2.05, 4.69) is 20.9 Å². The Labute approximate surface area is 148 Å². The standard InChI is InChI=1S/C16H19BrN2O3S/c1-19-14(20)12-9-11(17)3-4-13(12)22-16(5-7-21-8-6-16)10-18-15(19)23-2/h3-4,9H,5-8,10H2,1-2H3. The van der Waals surface area contributed by atoms with E-state index in [0.29, 0.717) is 36.2 Å². The maximum Gasteiger partial charge on any atom is 0.263 e. The molecule has 0 radical (unpaired) electrons.